The van der Waals surface area contributed by atoms with E-state index in [0.29, 0.717) is 29.7 Å². The molecule has 0 bridgehead atoms. The van der Waals surface area contributed by atoms with Gasteiger partial charge in [-0.2, -0.15) is 0 Å². The minimum Gasteiger partial charge on any atom is -0.386 e. The molecule has 0 spiro atoms. The lowest BCUT2D eigenvalue weighted by atomic mass is 9.95. The van der Waals surface area contributed by atoms with Gasteiger partial charge in [0.05, 0.1) is 29.8 Å². The molecule has 2 heterocycles. The third-order valence-corrected chi connectivity index (χ3v) is 3.08. The molecule has 5 nitrogen and oxygen atoms in total. The number of hydrogen-bond donors (Lipinski definition) is 1. The highest BCUT2D eigenvalue weighted by Gasteiger charge is 2.40. The van der Waals surface area contributed by atoms with E-state index >= 15 is 0 Å². The molecule has 0 atom stereocenters. The highest BCUT2D eigenvalue weighted by Crippen LogP contribution is 2.24. The molecule has 1 aliphatic rings. The number of rotatable bonds is 1. The number of likely N-dealkylation sites (tertiary alicyclic amines) is 1. The Bertz CT molecular complexity index is 611. The van der Waals surface area contributed by atoms with Gasteiger partial charge in [0.2, 0.25) is 0 Å². The Balaban J connectivity index is 1.98. The monoisotopic (exact) mass is 243 g/mol. The van der Waals surface area contributed by atoms with E-state index in [0.717, 1.165) is 0 Å². The van der Waals surface area contributed by atoms with Crippen molar-refractivity contribution in [1.82, 2.24) is 14.9 Å². The molecular formula is C13H13N3O2. The van der Waals surface area contributed by atoms with Crippen LogP contribution in [0.2, 0.25) is 0 Å². The zero-order chi connectivity index (χ0) is 12.8. The summed E-state index contributed by atoms with van der Waals surface area (Å²) in [6, 6.07) is 5.36. The fourth-order valence-corrected chi connectivity index (χ4v) is 2.26. The van der Waals surface area contributed by atoms with Crippen molar-refractivity contribution >= 4 is 16.9 Å². The van der Waals surface area contributed by atoms with E-state index in [-0.39, 0.29) is 5.91 Å². The second-order valence-corrected chi connectivity index (χ2v) is 4.89. The number of aromatic nitrogens is 2. The van der Waals surface area contributed by atoms with Crippen molar-refractivity contribution in [2.24, 2.45) is 0 Å². The van der Waals surface area contributed by atoms with E-state index in [4.69, 9.17) is 0 Å². The number of benzene rings is 1. The molecule has 1 amide bonds. The van der Waals surface area contributed by atoms with Crippen LogP contribution in [0.1, 0.15) is 17.3 Å². The number of nitrogens with zero attached hydrogens (tertiary/aromatic N) is 3. The van der Waals surface area contributed by atoms with Crippen molar-refractivity contribution in [3.05, 3.63) is 36.2 Å². The van der Waals surface area contributed by atoms with Gasteiger partial charge < -0.3 is 10.0 Å². The number of carbonyl (C=O) groups is 1. The van der Waals surface area contributed by atoms with Crippen molar-refractivity contribution in [2.75, 3.05) is 13.1 Å². The summed E-state index contributed by atoms with van der Waals surface area (Å²) in [5, 5.41) is 9.67. The Kier molecular flexibility index (Phi) is 2.31. The van der Waals surface area contributed by atoms with Gasteiger partial charge in [-0.1, -0.05) is 6.07 Å². The van der Waals surface area contributed by atoms with Crippen molar-refractivity contribution in [2.45, 2.75) is 12.5 Å². The third kappa shape index (κ3) is 1.73. The number of hydrogen-bond acceptors (Lipinski definition) is 4. The Labute approximate surface area is 104 Å². The van der Waals surface area contributed by atoms with Gasteiger partial charge in [0.25, 0.3) is 5.91 Å². The van der Waals surface area contributed by atoms with Crippen molar-refractivity contribution in [1.29, 1.82) is 0 Å². The van der Waals surface area contributed by atoms with E-state index in [9.17, 15) is 9.90 Å². The summed E-state index contributed by atoms with van der Waals surface area (Å²) >= 11 is 0. The number of amides is 1. The standard InChI is InChI=1S/C13H13N3O2/c1-13(18)7-16(8-13)12(17)9-3-2-4-10-11(9)15-6-5-14-10/h2-6,18H,7-8H2,1H3. The Morgan fingerprint density at radius 2 is 2.06 bits per heavy atom. The molecule has 2 aromatic rings. The van der Waals surface area contributed by atoms with Crippen LogP contribution in [0.3, 0.4) is 0 Å². The van der Waals surface area contributed by atoms with Gasteiger partial charge in [0, 0.05) is 12.4 Å². The fraction of sp³-hybridized carbons (Fsp3) is 0.308. The van der Waals surface area contributed by atoms with Gasteiger partial charge in [0.15, 0.2) is 0 Å². The van der Waals surface area contributed by atoms with E-state index in [2.05, 4.69) is 9.97 Å². The highest BCUT2D eigenvalue weighted by molar-refractivity contribution is 6.04. The largest absolute Gasteiger partial charge is 0.386 e. The van der Waals surface area contributed by atoms with Crippen LogP contribution in [0.4, 0.5) is 0 Å². The fourth-order valence-electron chi connectivity index (χ4n) is 2.26. The lowest BCUT2D eigenvalue weighted by Crippen LogP contribution is -2.61. The van der Waals surface area contributed by atoms with Gasteiger partial charge >= 0.3 is 0 Å². The van der Waals surface area contributed by atoms with Gasteiger partial charge in [-0.15, -0.1) is 0 Å². The summed E-state index contributed by atoms with van der Waals surface area (Å²) in [5.74, 6) is -0.104. The predicted molar refractivity (Wildman–Crippen MR) is 66.1 cm³/mol. The number of para-hydroxylation sites is 1. The molecular weight excluding hydrogens is 230 g/mol. The molecule has 1 saturated heterocycles. The molecule has 1 fully saturated rings. The highest BCUT2D eigenvalue weighted by atomic mass is 16.3. The minimum absolute atomic E-state index is 0.104. The second kappa shape index (κ2) is 3.74. The number of carbonyl (C=O) groups excluding carboxylic acids is 1. The van der Waals surface area contributed by atoms with Crippen LogP contribution in [0.5, 0.6) is 0 Å². The summed E-state index contributed by atoms with van der Waals surface area (Å²) in [5.41, 5.74) is 1.09. The molecule has 3 rings (SSSR count). The smallest absolute Gasteiger partial charge is 0.256 e. The van der Waals surface area contributed by atoms with Crippen molar-refractivity contribution in [3.8, 4) is 0 Å². The first-order valence-corrected chi connectivity index (χ1v) is 5.78. The lowest BCUT2D eigenvalue weighted by Gasteiger charge is -2.44. The summed E-state index contributed by atoms with van der Waals surface area (Å²) in [4.78, 5) is 22.3. The van der Waals surface area contributed by atoms with E-state index in [1.165, 1.54) is 0 Å². The molecule has 1 aliphatic heterocycles. The maximum absolute atomic E-state index is 12.3. The van der Waals surface area contributed by atoms with Crippen LogP contribution in [0.25, 0.3) is 11.0 Å². The van der Waals surface area contributed by atoms with Crippen molar-refractivity contribution in [3.63, 3.8) is 0 Å². The second-order valence-electron chi connectivity index (χ2n) is 4.89. The van der Waals surface area contributed by atoms with Crippen LogP contribution in [-0.4, -0.2) is 44.6 Å². The number of aliphatic hydroxyl groups is 1. The minimum atomic E-state index is -0.758. The quantitative estimate of drug-likeness (QED) is 0.806. The van der Waals surface area contributed by atoms with Crippen LogP contribution in [0.15, 0.2) is 30.6 Å². The molecule has 0 saturated carbocycles. The van der Waals surface area contributed by atoms with Crippen LogP contribution < -0.4 is 0 Å². The molecule has 1 N–H and O–H groups in total. The first-order valence-electron chi connectivity index (χ1n) is 5.78. The Morgan fingerprint density at radius 1 is 1.33 bits per heavy atom. The molecule has 5 heteroatoms. The molecule has 1 aromatic heterocycles. The zero-order valence-corrected chi connectivity index (χ0v) is 10.00. The summed E-state index contributed by atoms with van der Waals surface area (Å²) in [7, 11) is 0. The molecule has 0 unspecified atom stereocenters. The maximum atomic E-state index is 12.3. The average Bonchev–Trinajstić information content (AvgIpc) is 2.34. The number of β-amino-alcohol motifs (C(OH)–C–C–N with tert-alkyl or cyclic N) is 1. The summed E-state index contributed by atoms with van der Waals surface area (Å²) in [6.07, 6.45) is 3.18. The van der Waals surface area contributed by atoms with Gasteiger partial charge in [0.1, 0.15) is 5.52 Å². The first kappa shape index (κ1) is 11.1. The maximum Gasteiger partial charge on any atom is 0.256 e. The average molecular weight is 243 g/mol. The van der Waals surface area contributed by atoms with Crippen LogP contribution in [-0.2, 0) is 0 Å². The molecule has 0 aliphatic carbocycles. The van der Waals surface area contributed by atoms with Crippen LogP contribution >= 0.6 is 0 Å². The van der Waals surface area contributed by atoms with Gasteiger partial charge in [-0.25, -0.2) is 0 Å². The molecule has 1 aromatic carbocycles. The predicted octanol–water partition coefficient (Wildman–Crippen LogP) is 0.837. The summed E-state index contributed by atoms with van der Waals surface area (Å²) < 4.78 is 0. The molecule has 18 heavy (non-hydrogen) atoms. The van der Waals surface area contributed by atoms with Gasteiger partial charge in [-0.3, -0.25) is 14.8 Å². The lowest BCUT2D eigenvalue weighted by molar-refractivity contribution is -0.0668. The topological polar surface area (TPSA) is 66.3 Å². The van der Waals surface area contributed by atoms with E-state index < -0.39 is 5.60 Å². The Morgan fingerprint density at radius 3 is 2.78 bits per heavy atom. The molecule has 0 radical (unpaired) electrons. The normalized spacial score (nSPS) is 17.6. The van der Waals surface area contributed by atoms with Crippen LogP contribution in [0, 0.1) is 0 Å². The van der Waals surface area contributed by atoms with E-state index in [1.807, 2.05) is 6.07 Å². The van der Waals surface area contributed by atoms with Gasteiger partial charge in [-0.05, 0) is 19.1 Å². The Hall–Kier alpha value is -2.01. The third-order valence-electron chi connectivity index (χ3n) is 3.08. The first-order chi connectivity index (χ1) is 8.57. The molecule has 92 valence electrons. The summed E-state index contributed by atoms with van der Waals surface area (Å²) in [6.45, 7) is 2.45. The van der Waals surface area contributed by atoms with E-state index in [1.54, 1.807) is 36.4 Å². The van der Waals surface area contributed by atoms with Crippen molar-refractivity contribution < 1.29 is 9.90 Å². The zero-order valence-electron chi connectivity index (χ0n) is 10.00. The number of fused-ring (bicyclic) bond motifs is 1. The SMILES string of the molecule is CC1(O)CN(C(=O)c2cccc3nccnc23)C1.